The highest BCUT2D eigenvalue weighted by atomic mass is 14.8. The van der Waals surface area contributed by atoms with E-state index in [0.29, 0.717) is 11.4 Å². The molecule has 0 N–H and O–H groups in total. The molecule has 0 aliphatic heterocycles. The van der Waals surface area contributed by atoms with Gasteiger partial charge in [-0.2, -0.15) is 5.26 Å². The molecule has 0 spiro atoms. The SMILES string of the molecule is [CH2]c1ncc(C#N)cn1. The van der Waals surface area contributed by atoms with Crippen LogP contribution in [0, 0.1) is 18.3 Å². The van der Waals surface area contributed by atoms with Gasteiger partial charge in [0.25, 0.3) is 0 Å². The molecule has 1 heterocycles. The lowest BCUT2D eigenvalue weighted by Gasteiger charge is -1.86. The Labute approximate surface area is 53.0 Å². The summed E-state index contributed by atoms with van der Waals surface area (Å²) >= 11 is 0. The number of aromatic nitrogens is 2. The number of nitrogens with zero attached hydrogens (tertiary/aromatic N) is 3. The Hall–Kier alpha value is -1.43. The Morgan fingerprint density at radius 1 is 1.44 bits per heavy atom. The number of hydrogen-bond donors (Lipinski definition) is 0. The molecule has 0 bridgehead atoms. The first-order valence-corrected chi connectivity index (χ1v) is 2.37. The first-order chi connectivity index (χ1) is 4.33. The molecule has 0 unspecified atom stereocenters. The Kier molecular flexibility index (Phi) is 1.41. The van der Waals surface area contributed by atoms with Gasteiger partial charge in [-0.05, 0) is 0 Å². The minimum atomic E-state index is 0.439. The van der Waals surface area contributed by atoms with Gasteiger partial charge in [0.05, 0.1) is 5.56 Å². The molecule has 0 aliphatic carbocycles. The summed E-state index contributed by atoms with van der Waals surface area (Å²) in [6.45, 7) is 3.46. The van der Waals surface area contributed by atoms with Crippen molar-refractivity contribution in [3.05, 3.63) is 30.7 Å². The van der Waals surface area contributed by atoms with E-state index in [2.05, 4.69) is 16.9 Å². The Balaban J connectivity index is 3.06. The summed E-state index contributed by atoms with van der Waals surface area (Å²) in [5, 5.41) is 8.28. The smallest absolute Gasteiger partial charge is 0.128 e. The predicted octanol–water partition coefficient (Wildman–Crippen LogP) is 0.530. The van der Waals surface area contributed by atoms with Gasteiger partial charge in [-0.15, -0.1) is 0 Å². The van der Waals surface area contributed by atoms with Crippen LogP contribution < -0.4 is 0 Å². The lowest BCUT2D eigenvalue weighted by atomic mass is 10.4. The third-order valence-electron chi connectivity index (χ3n) is 0.834. The second kappa shape index (κ2) is 2.23. The van der Waals surface area contributed by atoms with Gasteiger partial charge < -0.3 is 0 Å². The first-order valence-electron chi connectivity index (χ1n) is 2.37. The number of nitriles is 1. The van der Waals surface area contributed by atoms with Crippen LogP contribution in [0.3, 0.4) is 0 Å². The van der Waals surface area contributed by atoms with Gasteiger partial charge in [0.15, 0.2) is 0 Å². The van der Waals surface area contributed by atoms with Crippen LogP contribution in [0.25, 0.3) is 0 Å². The average molecular weight is 118 g/mol. The first kappa shape index (κ1) is 5.70. The van der Waals surface area contributed by atoms with Crippen LogP contribution >= 0.6 is 0 Å². The van der Waals surface area contributed by atoms with E-state index in [4.69, 9.17) is 5.26 Å². The summed E-state index contributed by atoms with van der Waals surface area (Å²) in [5.41, 5.74) is 0.461. The van der Waals surface area contributed by atoms with Crippen molar-refractivity contribution in [2.24, 2.45) is 0 Å². The molecule has 0 amide bonds. The molecule has 1 radical (unpaired) electrons. The van der Waals surface area contributed by atoms with Crippen LogP contribution in [0.1, 0.15) is 11.4 Å². The zero-order valence-corrected chi connectivity index (χ0v) is 4.70. The quantitative estimate of drug-likeness (QED) is 0.499. The molecule has 1 rings (SSSR count). The lowest BCUT2D eigenvalue weighted by molar-refractivity contribution is 1.10. The average Bonchev–Trinajstić information content (AvgIpc) is 1.90. The van der Waals surface area contributed by atoms with Crippen molar-refractivity contribution in [3.63, 3.8) is 0 Å². The summed E-state index contributed by atoms with van der Waals surface area (Å²) < 4.78 is 0. The van der Waals surface area contributed by atoms with Gasteiger partial charge in [-0.3, -0.25) is 0 Å². The molecular formula is C6H4N3. The zero-order valence-electron chi connectivity index (χ0n) is 4.70. The molecule has 1 aromatic rings. The second-order valence-corrected chi connectivity index (χ2v) is 1.50. The number of hydrogen-bond acceptors (Lipinski definition) is 3. The van der Waals surface area contributed by atoms with Crippen LogP contribution in [-0.2, 0) is 0 Å². The van der Waals surface area contributed by atoms with E-state index in [1.54, 1.807) is 0 Å². The normalized spacial score (nSPS) is 8.44. The summed E-state index contributed by atoms with van der Waals surface area (Å²) in [4.78, 5) is 7.41. The summed E-state index contributed by atoms with van der Waals surface area (Å²) in [7, 11) is 0. The minimum Gasteiger partial charge on any atom is -0.240 e. The molecule has 9 heavy (non-hydrogen) atoms. The van der Waals surface area contributed by atoms with E-state index < -0.39 is 0 Å². The summed E-state index contributed by atoms with van der Waals surface area (Å²) in [5.74, 6) is 0.439. The van der Waals surface area contributed by atoms with Gasteiger partial charge in [0.2, 0.25) is 0 Å². The Morgan fingerprint density at radius 3 is 2.44 bits per heavy atom. The van der Waals surface area contributed by atoms with Gasteiger partial charge in [0, 0.05) is 19.3 Å². The van der Waals surface area contributed by atoms with E-state index in [9.17, 15) is 0 Å². The topological polar surface area (TPSA) is 49.6 Å². The molecule has 0 fully saturated rings. The van der Waals surface area contributed by atoms with Gasteiger partial charge >= 0.3 is 0 Å². The maximum atomic E-state index is 8.28. The summed E-state index contributed by atoms with van der Waals surface area (Å²) in [6.07, 6.45) is 2.88. The lowest BCUT2D eigenvalue weighted by Crippen LogP contribution is -1.86. The summed E-state index contributed by atoms with van der Waals surface area (Å²) in [6, 6.07) is 1.90. The fourth-order valence-electron chi connectivity index (χ4n) is 0.413. The molecule has 0 saturated carbocycles. The molecule has 0 atom stereocenters. The maximum absolute atomic E-state index is 8.28. The molecule has 0 saturated heterocycles. The molecule has 3 heteroatoms. The van der Waals surface area contributed by atoms with Crippen molar-refractivity contribution in [1.29, 1.82) is 5.26 Å². The molecular weight excluding hydrogens is 114 g/mol. The Bertz CT molecular complexity index is 231. The standard InChI is InChI=1S/C6H4N3/c1-5-8-3-6(2-7)4-9-5/h3-4H,1H2. The van der Waals surface area contributed by atoms with Crippen molar-refractivity contribution >= 4 is 0 Å². The third kappa shape index (κ3) is 1.23. The van der Waals surface area contributed by atoms with Gasteiger partial charge in [-0.1, -0.05) is 0 Å². The largest absolute Gasteiger partial charge is 0.240 e. The predicted molar refractivity (Wildman–Crippen MR) is 31.2 cm³/mol. The van der Waals surface area contributed by atoms with Gasteiger partial charge in [0.1, 0.15) is 11.9 Å². The van der Waals surface area contributed by atoms with Crippen LogP contribution in [0.5, 0.6) is 0 Å². The van der Waals surface area contributed by atoms with Crippen LogP contribution in [0.2, 0.25) is 0 Å². The maximum Gasteiger partial charge on any atom is 0.128 e. The van der Waals surface area contributed by atoms with Crippen molar-refractivity contribution in [3.8, 4) is 6.07 Å². The highest BCUT2D eigenvalue weighted by molar-refractivity contribution is 5.21. The van der Waals surface area contributed by atoms with Crippen molar-refractivity contribution in [2.75, 3.05) is 0 Å². The number of rotatable bonds is 0. The van der Waals surface area contributed by atoms with E-state index >= 15 is 0 Å². The highest BCUT2D eigenvalue weighted by Crippen LogP contribution is 1.90. The van der Waals surface area contributed by atoms with E-state index in [1.165, 1.54) is 12.4 Å². The molecule has 0 aromatic carbocycles. The second-order valence-electron chi connectivity index (χ2n) is 1.50. The third-order valence-corrected chi connectivity index (χ3v) is 0.834. The highest BCUT2D eigenvalue weighted by Gasteiger charge is 1.87. The fraction of sp³-hybridized carbons (Fsp3) is 0. The van der Waals surface area contributed by atoms with E-state index in [-0.39, 0.29) is 0 Å². The van der Waals surface area contributed by atoms with Gasteiger partial charge in [-0.25, -0.2) is 9.97 Å². The van der Waals surface area contributed by atoms with Crippen LogP contribution in [0.15, 0.2) is 12.4 Å². The Morgan fingerprint density at radius 2 is 2.00 bits per heavy atom. The molecule has 3 nitrogen and oxygen atoms in total. The fourth-order valence-corrected chi connectivity index (χ4v) is 0.413. The van der Waals surface area contributed by atoms with Crippen LogP contribution in [-0.4, -0.2) is 9.97 Å². The van der Waals surface area contributed by atoms with Crippen LogP contribution in [0.4, 0.5) is 0 Å². The zero-order chi connectivity index (χ0) is 6.69. The van der Waals surface area contributed by atoms with Crippen molar-refractivity contribution in [2.45, 2.75) is 0 Å². The minimum absolute atomic E-state index is 0.439. The molecule has 0 aliphatic rings. The molecule has 1 aromatic heterocycles. The van der Waals surface area contributed by atoms with Crippen molar-refractivity contribution < 1.29 is 0 Å². The van der Waals surface area contributed by atoms with E-state index in [1.807, 2.05) is 6.07 Å². The van der Waals surface area contributed by atoms with E-state index in [0.717, 1.165) is 0 Å². The van der Waals surface area contributed by atoms with Crippen molar-refractivity contribution in [1.82, 2.24) is 9.97 Å². The molecule has 43 valence electrons. The monoisotopic (exact) mass is 118 g/mol.